The Morgan fingerprint density at radius 1 is 1.50 bits per heavy atom. The standard InChI is InChI=1S/C9H9F2NO4/c1-16-5-2-3-7(12(14)15)6(4-5)8(13)9(10)11/h2-4,8-9,13H,1H3. The van der Waals surface area contributed by atoms with Crippen LogP contribution in [0.1, 0.15) is 11.7 Å². The van der Waals surface area contributed by atoms with Gasteiger partial charge in [-0.25, -0.2) is 8.78 Å². The summed E-state index contributed by atoms with van der Waals surface area (Å²) in [5.74, 6) is 0.167. The topological polar surface area (TPSA) is 72.6 Å². The average molecular weight is 233 g/mol. The van der Waals surface area contributed by atoms with Crippen LogP contribution in [0.25, 0.3) is 0 Å². The van der Waals surface area contributed by atoms with Gasteiger partial charge in [0.15, 0.2) is 0 Å². The van der Waals surface area contributed by atoms with Crippen molar-refractivity contribution in [1.82, 2.24) is 0 Å². The van der Waals surface area contributed by atoms with E-state index in [0.29, 0.717) is 0 Å². The van der Waals surface area contributed by atoms with Crippen LogP contribution in [-0.2, 0) is 0 Å². The summed E-state index contributed by atoms with van der Waals surface area (Å²) in [4.78, 5) is 9.72. The summed E-state index contributed by atoms with van der Waals surface area (Å²) in [5.41, 5.74) is -1.02. The van der Waals surface area contributed by atoms with Crippen LogP contribution in [0.2, 0.25) is 0 Å². The fourth-order valence-electron chi connectivity index (χ4n) is 1.20. The molecule has 0 aromatic heterocycles. The monoisotopic (exact) mass is 233 g/mol. The molecular formula is C9H9F2NO4. The van der Waals surface area contributed by atoms with Crippen LogP contribution in [0.3, 0.4) is 0 Å². The number of halogens is 2. The molecule has 1 aromatic carbocycles. The number of nitro groups is 1. The number of nitrogens with zero attached hydrogens (tertiary/aromatic N) is 1. The lowest BCUT2D eigenvalue weighted by Crippen LogP contribution is -2.10. The molecule has 0 saturated carbocycles. The van der Waals surface area contributed by atoms with Crippen molar-refractivity contribution in [3.05, 3.63) is 33.9 Å². The molecule has 1 atom stereocenters. The highest BCUT2D eigenvalue weighted by Crippen LogP contribution is 2.32. The maximum atomic E-state index is 12.3. The minimum Gasteiger partial charge on any atom is -0.497 e. The van der Waals surface area contributed by atoms with Crippen LogP contribution in [-0.4, -0.2) is 23.6 Å². The summed E-state index contributed by atoms with van der Waals surface area (Å²) >= 11 is 0. The van der Waals surface area contributed by atoms with Gasteiger partial charge in [-0.15, -0.1) is 0 Å². The molecule has 0 saturated heterocycles. The molecule has 7 heteroatoms. The molecule has 1 rings (SSSR count). The van der Waals surface area contributed by atoms with Crippen molar-refractivity contribution in [3.63, 3.8) is 0 Å². The first-order chi connectivity index (χ1) is 7.47. The molecule has 0 bridgehead atoms. The van der Waals surface area contributed by atoms with E-state index in [1.165, 1.54) is 13.2 Å². The van der Waals surface area contributed by atoms with Crippen LogP contribution in [0.4, 0.5) is 14.5 Å². The van der Waals surface area contributed by atoms with E-state index < -0.39 is 28.7 Å². The Balaban J connectivity index is 3.25. The van der Waals surface area contributed by atoms with Gasteiger partial charge in [0.1, 0.15) is 11.9 Å². The molecule has 0 aliphatic rings. The molecule has 0 spiro atoms. The first-order valence-electron chi connectivity index (χ1n) is 4.26. The van der Waals surface area contributed by atoms with Crippen LogP contribution < -0.4 is 4.74 Å². The lowest BCUT2D eigenvalue weighted by Gasteiger charge is -2.11. The number of nitro benzene ring substituents is 1. The van der Waals surface area contributed by atoms with E-state index in [1.54, 1.807) is 0 Å². The van der Waals surface area contributed by atoms with Gasteiger partial charge in [-0.05, 0) is 12.1 Å². The van der Waals surface area contributed by atoms with Crippen molar-refractivity contribution in [2.24, 2.45) is 0 Å². The van der Waals surface area contributed by atoms with Crippen LogP contribution >= 0.6 is 0 Å². The Morgan fingerprint density at radius 2 is 2.12 bits per heavy atom. The Hall–Kier alpha value is -1.76. The van der Waals surface area contributed by atoms with Gasteiger partial charge in [-0.2, -0.15) is 0 Å². The quantitative estimate of drug-likeness (QED) is 0.636. The molecule has 0 radical (unpaired) electrons. The molecule has 1 unspecified atom stereocenters. The Bertz CT molecular complexity index is 397. The second-order valence-corrected chi connectivity index (χ2v) is 2.96. The number of rotatable bonds is 4. The minimum atomic E-state index is -3.09. The van der Waals surface area contributed by atoms with E-state index in [2.05, 4.69) is 0 Å². The molecule has 0 aliphatic heterocycles. The maximum absolute atomic E-state index is 12.3. The van der Waals surface area contributed by atoms with Crippen molar-refractivity contribution < 1.29 is 23.5 Å². The first-order valence-corrected chi connectivity index (χ1v) is 4.26. The summed E-state index contributed by atoms with van der Waals surface area (Å²) in [5, 5.41) is 19.7. The minimum absolute atomic E-state index is 0.167. The summed E-state index contributed by atoms with van der Waals surface area (Å²) in [6.07, 6.45) is -5.29. The summed E-state index contributed by atoms with van der Waals surface area (Å²) in [6.45, 7) is 0. The number of methoxy groups -OCH3 is 1. The van der Waals surface area contributed by atoms with Gasteiger partial charge >= 0.3 is 0 Å². The number of benzene rings is 1. The van der Waals surface area contributed by atoms with E-state index in [1.807, 2.05) is 0 Å². The number of ether oxygens (including phenoxy) is 1. The Morgan fingerprint density at radius 3 is 2.56 bits per heavy atom. The smallest absolute Gasteiger partial charge is 0.275 e. The number of alkyl halides is 2. The number of aliphatic hydroxyl groups is 1. The summed E-state index contributed by atoms with van der Waals surface area (Å²) in [7, 11) is 1.29. The van der Waals surface area contributed by atoms with Gasteiger partial charge in [0, 0.05) is 6.07 Å². The molecular weight excluding hydrogens is 224 g/mol. The normalized spacial score (nSPS) is 12.6. The van der Waals surface area contributed by atoms with Crippen molar-refractivity contribution in [3.8, 4) is 5.75 Å². The molecule has 16 heavy (non-hydrogen) atoms. The Labute approximate surface area is 89.4 Å². The van der Waals surface area contributed by atoms with Gasteiger partial charge in [0.05, 0.1) is 17.6 Å². The number of hydrogen-bond acceptors (Lipinski definition) is 4. The molecule has 88 valence electrons. The highest BCUT2D eigenvalue weighted by molar-refractivity contribution is 5.46. The fourth-order valence-corrected chi connectivity index (χ4v) is 1.20. The fraction of sp³-hybridized carbons (Fsp3) is 0.333. The third-order valence-electron chi connectivity index (χ3n) is 1.99. The van der Waals surface area contributed by atoms with E-state index in [9.17, 15) is 18.9 Å². The maximum Gasteiger partial charge on any atom is 0.275 e. The van der Waals surface area contributed by atoms with Crippen molar-refractivity contribution >= 4 is 5.69 Å². The number of aliphatic hydroxyl groups excluding tert-OH is 1. The van der Waals surface area contributed by atoms with Gasteiger partial charge in [0.25, 0.3) is 12.1 Å². The zero-order valence-corrected chi connectivity index (χ0v) is 8.26. The first kappa shape index (κ1) is 12.3. The largest absolute Gasteiger partial charge is 0.497 e. The lowest BCUT2D eigenvalue weighted by atomic mass is 10.1. The van der Waals surface area contributed by atoms with E-state index >= 15 is 0 Å². The third kappa shape index (κ3) is 2.43. The van der Waals surface area contributed by atoms with Gasteiger partial charge in [0.2, 0.25) is 0 Å². The highest BCUT2D eigenvalue weighted by atomic mass is 19.3. The van der Waals surface area contributed by atoms with Gasteiger partial charge < -0.3 is 9.84 Å². The molecule has 1 aromatic rings. The molecule has 0 aliphatic carbocycles. The highest BCUT2D eigenvalue weighted by Gasteiger charge is 2.27. The van der Waals surface area contributed by atoms with Crippen molar-refractivity contribution in [2.75, 3.05) is 7.11 Å². The lowest BCUT2D eigenvalue weighted by molar-refractivity contribution is -0.386. The summed E-state index contributed by atoms with van der Waals surface area (Å²) in [6, 6.07) is 3.30. The van der Waals surface area contributed by atoms with E-state index in [0.717, 1.165) is 12.1 Å². The van der Waals surface area contributed by atoms with Crippen molar-refractivity contribution in [1.29, 1.82) is 0 Å². The second kappa shape index (κ2) is 4.84. The second-order valence-electron chi connectivity index (χ2n) is 2.96. The van der Waals surface area contributed by atoms with Gasteiger partial charge in [-0.1, -0.05) is 0 Å². The van der Waals surface area contributed by atoms with Crippen molar-refractivity contribution in [2.45, 2.75) is 12.5 Å². The predicted octanol–water partition coefficient (Wildman–Crippen LogP) is 1.90. The SMILES string of the molecule is COc1ccc([N+](=O)[O-])c(C(O)C(F)F)c1. The van der Waals surface area contributed by atoms with Crippen LogP contribution in [0.5, 0.6) is 5.75 Å². The summed E-state index contributed by atoms with van der Waals surface area (Å²) < 4.78 is 29.3. The number of hydrogen-bond donors (Lipinski definition) is 1. The molecule has 1 N–H and O–H groups in total. The average Bonchev–Trinajstić information content (AvgIpc) is 2.26. The molecule has 0 fully saturated rings. The van der Waals surface area contributed by atoms with Gasteiger partial charge in [-0.3, -0.25) is 10.1 Å². The van der Waals surface area contributed by atoms with E-state index in [-0.39, 0.29) is 5.75 Å². The third-order valence-corrected chi connectivity index (χ3v) is 1.99. The molecule has 0 heterocycles. The van der Waals surface area contributed by atoms with Crippen LogP contribution in [0, 0.1) is 10.1 Å². The zero-order valence-electron chi connectivity index (χ0n) is 8.26. The Kier molecular flexibility index (Phi) is 3.73. The molecule has 5 nitrogen and oxygen atoms in total. The predicted molar refractivity (Wildman–Crippen MR) is 50.6 cm³/mol. The van der Waals surface area contributed by atoms with E-state index in [4.69, 9.17) is 9.84 Å². The van der Waals surface area contributed by atoms with Crippen LogP contribution in [0.15, 0.2) is 18.2 Å². The molecule has 0 amide bonds. The zero-order chi connectivity index (χ0) is 12.3.